The highest BCUT2D eigenvalue weighted by molar-refractivity contribution is 6.30. The molecule has 1 saturated heterocycles. The molecule has 5 heteroatoms. The van der Waals surface area contributed by atoms with Gasteiger partial charge < -0.3 is 9.47 Å². The smallest absolute Gasteiger partial charge is 0.122 e. The quantitative estimate of drug-likeness (QED) is 0.430. The van der Waals surface area contributed by atoms with Crippen LogP contribution < -0.4 is 4.74 Å². The average Bonchev–Trinajstić information content (AvgIpc) is 3.27. The molecule has 0 spiro atoms. The molecular formula is C28H29ClN2O2. The maximum absolute atomic E-state index is 6.05. The first kappa shape index (κ1) is 23.3. The number of halogens is 1. The highest BCUT2D eigenvalue weighted by atomic mass is 35.5. The zero-order valence-corrected chi connectivity index (χ0v) is 19.9. The lowest BCUT2D eigenvalue weighted by Crippen LogP contribution is -2.35. The van der Waals surface area contributed by atoms with Gasteiger partial charge in [0.15, 0.2) is 0 Å². The van der Waals surface area contributed by atoms with Crippen LogP contribution in [-0.2, 0) is 4.74 Å². The first-order valence-corrected chi connectivity index (χ1v) is 11.7. The number of aromatic nitrogens is 1. The second-order valence-electron chi connectivity index (χ2n) is 8.31. The molecule has 1 aliphatic heterocycles. The van der Waals surface area contributed by atoms with Crippen LogP contribution in [0.5, 0.6) is 5.75 Å². The molecule has 0 bridgehead atoms. The maximum atomic E-state index is 6.05. The summed E-state index contributed by atoms with van der Waals surface area (Å²) < 4.78 is 11.4. The van der Waals surface area contributed by atoms with Crippen molar-refractivity contribution in [1.82, 2.24) is 9.88 Å². The summed E-state index contributed by atoms with van der Waals surface area (Å²) in [7, 11) is 1.77. The summed E-state index contributed by atoms with van der Waals surface area (Å²) in [4.78, 5) is 6.95. The molecular weight excluding hydrogens is 432 g/mol. The second kappa shape index (κ2) is 11.3. The van der Waals surface area contributed by atoms with Gasteiger partial charge in [0, 0.05) is 42.0 Å². The minimum atomic E-state index is 0.520. The van der Waals surface area contributed by atoms with E-state index < -0.39 is 0 Å². The fourth-order valence-corrected chi connectivity index (χ4v) is 4.28. The van der Waals surface area contributed by atoms with Gasteiger partial charge in [-0.05, 0) is 79.8 Å². The SMILES string of the molecule is COCC1CCCN1CCOc1ccc(C#Cc2ccc(-c3ccc(Cl)cc3)cn2)cc1C. The van der Waals surface area contributed by atoms with E-state index in [2.05, 4.69) is 34.7 Å². The minimum Gasteiger partial charge on any atom is -0.492 e. The van der Waals surface area contributed by atoms with Gasteiger partial charge in [0.2, 0.25) is 0 Å². The third kappa shape index (κ3) is 6.36. The van der Waals surface area contributed by atoms with Crippen LogP contribution in [0.1, 0.15) is 29.7 Å². The molecule has 0 radical (unpaired) electrons. The zero-order chi connectivity index (χ0) is 23.0. The van der Waals surface area contributed by atoms with Gasteiger partial charge >= 0.3 is 0 Å². The van der Waals surface area contributed by atoms with E-state index in [4.69, 9.17) is 21.1 Å². The summed E-state index contributed by atoms with van der Waals surface area (Å²) in [6.07, 6.45) is 4.28. The number of methoxy groups -OCH3 is 1. The Hall–Kier alpha value is -2.84. The molecule has 1 aromatic heterocycles. The Labute approximate surface area is 201 Å². The fourth-order valence-electron chi connectivity index (χ4n) is 4.15. The van der Waals surface area contributed by atoms with Crippen LogP contribution in [0.25, 0.3) is 11.1 Å². The third-order valence-corrected chi connectivity index (χ3v) is 6.20. The number of rotatable bonds is 7. The van der Waals surface area contributed by atoms with Crippen molar-refractivity contribution in [3.8, 4) is 28.7 Å². The Kier molecular flexibility index (Phi) is 8.01. The molecule has 0 N–H and O–H groups in total. The molecule has 2 heterocycles. The Morgan fingerprint density at radius 2 is 1.88 bits per heavy atom. The van der Waals surface area contributed by atoms with Crippen molar-refractivity contribution in [2.45, 2.75) is 25.8 Å². The molecule has 170 valence electrons. The van der Waals surface area contributed by atoms with Gasteiger partial charge in [0.25, 0.3) is 0 Å². The molecule has 0 amide bonds. The van der Waals surface area contributed by atoms with Crippen molar-refractivity contribution in [2.75, 3.05) is 33.4 Å². The Balaban J connectivity index is 1.33. The molecule has 1 atom stereocenters. The summed E-state index contributed by atoms with van der Waals surface area (Å²) in [5, 5.41) is 0.725. The topological polar surface area (TPSA) is 34.6 Å². The lowest BCUT2D eigenvalue weighted by Gasteiger charge is -2.23. The monoisotopic (exact) mass is 460 g/mol. The van der Waals surface area contributed by atoms with Crippen molar-refractivity contribution in [1.29, 1.82) is 0 Å². The predicted octanol–water partition coefficient (Wildman–Crippen LogP) is 5.60. The average molecular weight is 461 g/mol. The molecule has 4 nitrogen and oxygen atoms in total. The van der Waals surface area contributed by atoms with Crippen molar-refractivity contribution in [2.24, 2.45) is 0 Å². The van der Waals surface area contributed by atoms with Gasteiger partial charge in [0.1, 0.15) is 18.1 Å². The van der Waals surface area contributed by atoms with Crippen molar-refractivity contribution < 1.29 is 9.47 Å². The number of hydrogen-bond donors (Lipinski definition) is 0. The van der Waals surface area contributed by atoms with Crippen molar-refractivity contribution in [3.63, 3.8) is 0 Å². The summed E-state index contributed by atoms with van der Waals surface area (Å²) in [6.45, 7) is 5.58. The number of aryl methyl sites for hydroxylation is 1. The van der Waals surface area contributed by atoms with E-state index in [1.807, 2.05) is 54.7 Å². The number of likely N-dealkylation sites (tertiary alicyclic amines) is 1. The van der Waals surface area contributed by atoms with E-state index in [0.29, 0.717) is 12.6 Å². The first-order valence-electron chi connectivity index (χ1n) is 11.3. The Morgan fingerprint density at radius 1 is 1.06 bits per heavy atom. The van der Waals surface area contributed by atoms with Gasteiger partial charge in [0.05, 0.1) is 6.61 Å². The number of pyridine rings is 1. The highest BCUT2D eigenvalue weighted by Crippen LogP contribution is 2.22. The number of nitrogens with zero attached hydrogens (tertiary/aromatic N) is 2. The molecule has 33 heavy (non-hydrogen) atoms. The standard InChI is InChI=1S/C28H29ClN2O2/c1-21-18-22(6-14-28(21)33-17-16-31-15-3-4-27(31)20-32-2)5-12-26-13-9-24(19-30-26)23-7-10-25(29)11-8-23/h6-11,13-14,18-19,27H,3-4,15-17,20H2,1-2H3. The number of hydrogen-bond acceptors (Lipinski definition) is 4. The lowest BCUT2D eigenvalue weighted by molar-refractivity contribution is 0.105. The molecule has 1 fully saturated rings. The van der Waals surface area contributed by atoms with Crippen LogP contribution in [0.3, 0.4) is 0 Å². The first-order chi connectivity index (χ1) is 16.1. The number of ether oxygens (including phenoxy) is 2. The second-order valence-corrected chi connectivity index (χ2v) is 8.74. The van der Waals surface area contributed by atoms with Crippen LogP contribution >= 0.6 is 11.6 Å². The van der Waals surface area contributed by atoms with Crippen LogP contribution in [-0.4, -0.2) is 49.3 Å². The maximum Gasteiger partial charge on any atom is 0.122 e. The van der Waals surface area contributed by atoms with E-state index in [1.54, 1.807) is 7.11 Å². The van der Waals surface area contributed by atoms with E-state index in [9.17, 15) is 0 Å². The Morgan fingerprint density at radius 3 is 2.61 bits per heavy atom. The van der Waals surface area contributed by atoms with Crippen LogP contribution in [0, 0.1) is 18.8 Å². The van der Waals surface area contributed by atoms with Gasteiger partial charge in [-0.1, -0.05) is 35.7 Å². The summed E-state index contributed by atoms with van der Waals surface area (Å²) in [5.41, 5.74) is 4.89. The van der Waals surface area contributed by atoms with Gasteiger partial charge in [-0.2, -0.15) is 0 Å². The zero-order valence-electron chi connectivity index (χ0n) is 19.2. The molecule has 0 saturated carbocycles. The van der Waals surface area contributed by atoms with E-state index in [-0.39, 0.29) is 0 Å². The van der Waals surface area contributed by atoms with Crippen LogP contribution in [0.4, 0.5) is 0 Å². The third-order valence-electron chi connectivity index (χ3n) is 5.95. The summed E-state index contributed by atoms with van der Waals surface area (Å²) in [5.74, 6) is 7.27. The summed E-state index contributed by atoms with van der Waals surface area (Å²) >= 11 is 5.96. The van der Waals surface area contributed by atoms with E-state index in [1.165, 1.54) is 12.8 Å². The largest absolute Gasteiger partial charge is 0.492 e. The molecule has 1 unspecified atom stereocenters. The van der Waals surface area contributed by atoms with Crippen LogP contribution in [0.2, 0.25) is 5.02 Å². The normalized spacial score (nSPS) is 15.8. The minimum absolute atomic E-state index is 0.520. The molecule has 3 aromatic rings. The fraction of sp³-hybridized carbons (Fsp3) is 0.321. The molecule has 0 aliphatic carbocycles. The lowest BCUT2D eigenvalue weighted by atomic mass is 10.1. The van der Waals surface area contributed by atoms with E-state index in [0.717, 1.165) is 58.4 Å². The number of benzene rings is 2. The van der Waals surface area contributed by atoms with Gasteiger partial charge in [-0.25, -0.2) is 4.98 Å². The van der Waals surface area contributed by atoms with Crippen LogP contribution in [0.15, 0.2) is 60.8 Å². The van der Waals surface area contributed by atoms with Crippen molar-refractivity contribution in [3.05, 3.63) is 82.6 Å². The van der Waals surface area contributed by atoms with E-state index >= 15 is 0 Å². The molecule has 2 aromatic carbocycles. The Bertz CT molecular complexity index is 1120. The summed E-state index contributed by atoms with van der Waals surface area (Å²) in [6, 6.07) is 18.3. The molecule has 1 aliphatic rings. The van der Waals surface area contributed by atoms with Gasteiger partial charge in [-0.3, -0.25) is 4.90 Å². The predicted molar refractivity (Wildman–Crippen MR) is 134 cm³/mol. The highest BCUT2D eigenvalue weighted by Gasteiger charge is 2.23. The molecule has 4 rings (SSSR count). The van der Waals surface area contributed by atoms with Gasteiger partial charge in [-0.15, -0.1) is 0 Å². The van der Waals surface area contributed by atoms with Crippen molar-refractivity contribution >= 4 is 11.6 Å².